The molecule has 0 amide bonds. The molecule has 0 fully saturated rings. The van der Waals surface area contributed by atoms with Crippen molar-refractivity contribution in [1.29, 1.82) is 0 Å². The third kappa shape index (κ3) is 2.88. The van der Waals surface area contributed by atoms with Crippen molar-refractivity contribution in [3.05, 3.63) is 23.3 Å². The maximum absolute atomic E-state index is 11.6. The second-order valence-corrected chi connectivity index (χ2v) is 3.87. The number of ether oxygens (including phenoxy) is 2. The van der Waals surface area contributed by atoms with Crippen molar-refractivity contribution in [2.24, 2.45) is 0 Å². The van der Waals surface area contributed by atoms with Gasteiger partial charge in [-0.05, 0) is 26.2 Å². The van der Waals surface area contributed by atoms with Crippen LogP contribution in [0.3, 0.4) is 0 Å². The lowest BCUT2D eigenvalue weighted by molar-refractivity contribution is 0.0598. The number of methoxy groups -OCH3 is 2. The standard InChI is InChI=1S/C12H17NO4/c1-13(2)7-9-8(12(15)17-4)5-6-10(16-3)11(9)14/h5-6,14H,7H2,1-4H3. The van der Waals surface area contributed by atoms with E-state index in [0.29, 0.717) is 23.4 Å². The first-order chi connectivity index (χ1) is 8.01. The molecule has 1 N–H and O–H groups in total. The average Bonchev–Trinajstić information content (AvgIpc) is 2.30. The Morgan fingerprint density at radius 3 is 2.47 bits per heavy atom. The molecule has 0 atom stereocenters. The van der Waals surface area contributed by atoms with Gasteiger partial charge in [0.1, 0.15) is 0 Å². The van der Waals surface area contributed by atoms with Gasteiger partial charge in [0.15, 0.2) is 11.5 Å². The summed E-state index contributed by atoms with van der Waals surface area (Å²) >= 11 is 0. The van der Waals surface area contributed by atoms with E-state index in [0.717, 1.165) is 0 Å². The molecule has 0 aliphatic heterocycles. The lowest BCUT2D eigenvalue weighted by atomic mass is 10.1. The van der Waals surface area contributed by atoms with E-state index >= 15 is 0 Å². The molecule has 1 aromatic rings. The van der Waals surface area contributed by atoms with Gasteiger partial charge in [0.25, 0.3) is 0 Å². The first kappa shape index (κ1) is 13.3. The van der Waals surface area contributed by atoms with Crippen LogP contribution in [0.1, 0.15) is 15.9 Å². The van der Waals surface area contributed by atoms with E-state index in [4.69, 9.17) is 4.74 Å². The van der Waals surface area contributed by atoms with Crippen LogP contribution in [0.25, 0.3) is 0 Å². The number of aromatic hydroxyl groups is 1. The number of benzene rings is 1. The van der Waals surface area contributed by atoms with E-state index in [-0.39, 0.29) is 5.75 Å². The minimum Gasteiger partial charge on any atom is -0.504 e. The number of hydrogen-bond acceptors (Lipinski definition) is 5. The number of phenols is 1. The molecule has 5 nitrogen and oxygen atoms in total. The second kappa shape index (κ2) is 5.54. The van der Waals surface area contributed by atoms with Gasteiger partial charge in [-0.25, -0.2) is 4.79 Å². The van der Waals surface area contributed by atoms with Crippen molar-refractivity contribution in [1.82, 2.24) is 4.90 Å². The number of rotatable bonds is 4. The Morgan fingerprint density at radius 1 is 1.35 bits per heavy atom. The third-order valence-electron chi connectivity index (χ3n) is 2.35. The summed E-state index contributed by atoms with van der Waals surface area (Å²) in [5, 5.41) is 10.0. The predicted molar refractivity (Wildman–Crippen MR) is 63.4 cm³/mol. The molecule has 0 spiro atoms. The fourth-order valence-corrected chi connectivity index (χ4v) is 1.56. The molecular formula is C12H17NO4. The van der Waals surface area contributed by atoms with Gasteiger partial charge in [0.2, 0.25) is 0 Å². The number of nitrogens with zero attached hydrogens (tertiary/aromatic N) is 1. The quantitative estimate of drug-likeness (QED) is 0.801. The Kier molecular flexibility index (Phi) is 4.34. The fourth-order valence-electron chi connectivity index (χ4n) is 1.56. The van der Waals surface area contributed by atoms with Gasteiger partial charge in [0, 0.05) is 12.1 Å². The Labute approximate surface area is 101 Å². The molecule has 0 heterocycles. The molecule has 17 heavy (non-hydrogen) atoms. The lowest BCUT2D eigenvalue weighted by Gasteiger charge is -2.16. The van der Waals surface area contributed by atoms with E-state index < -0.39 is 5.97 Å². The summed E-state index contributed by atoms with van der Waals surface area (Å²) in [6.07, 6.45) is 0. The van der Waals surface area contributed by atoms with E-state index in [9.17, 15) is 9.90 Å². The number of phenolic OH excluding ortho intramolecular Hbond substituents is 1. The highest BCUT2D eigenvalue weighted by Gasteiger charge is 2.19. The minimum absolute atomic E-state index is 0.0240. The molecule has 0 aliphatic carbocycles. The first-order valence-corrected chi connectivity index (χ1v) is 5.13. The molecule has 0 unspecified atom stereocenters. The van der Waals surface area contributed by atoms with Gasteiger partial charge in [-0.2, -0.15) is 0 Å². The topological polar surface area (TPSA) is 59.0 Å². The Bertz CT molecular complexity index is 415. The van der Waals surface area contributed by atoms with Crippen LogP contribution >= 0.6 is 0 Å². The van der Waals surface area contributed by atoms with E-state index in [1.54, 1.807) is 12.1 Å². The normalized spacial score (nSPS) is 10.4. The summed E-state index contributed by atoms with van der Waals surface area (Å²) in [7, 11) is 6.47. The smallest absolute Gasteiger partial charge is 0.338 e. The monoisotopic (exact) mass is 239 g/mol. The summed E-state index contributed by atoms with van der Waals surface area (Å²) in [5.74, 6) is -0.154. The van der Waals surface area contributed by atoms with Gasteiger partial charge in [-0.15, -0.1) is 0 Å². The predicted octanol–water partition coefficient (Wildman–Crippen LogP) is 1.25. The molecule has 5 heteroatoms. The highest BCUT2D eigenvalue weighted by atomic mass is 16.5. The zero-order chi connectivity index (χ0) is 13.0. The van der Waals surface area contributed by atoms with Crippen molar-refractivity contribution in [3.63, 3.8) is 0 Å². The van der Waals surface area contributed by atoms with Gasteiger partial charge < -0.3 is 19.5 Å². The summed E-state index contributed by atoms with van der Waals surface area (Å²) in [5.41, 5.74) is 0.848. The largest absolute Gasteiger partial charge is 0.504 e. The molecule has 94 valence electrons. The highest BCUT2D eigenvalue weighted by Crippen LogP contribution is 2.33. The summed E-state index contributed by atoms with van der Waals surface area (Å²) < 4.78 is 9.69. The Morgan fingerprint density at radius 2 is 2.00 bits per heavy atom. The molecule has 0 aliphatic rings. The summed E-state index contributed by atoms with van der Waals surface area (Å²) in [6, 6.07) is 3.13. The van der Waals surface area contributed by atoms with Crippen molar-refractivity contribution in [3.8, 4) is 11.5 Å². The van der Waals surface area contributed by atoms with Crippen LogP contribution in [-0.2, 0) is 11.3 Å². The molecule has 1 rings (SSSR count). The van der Waals surface area contributed by atoms with Crippen LogP contribution in [0.15, 0.2) is 12.1 Å². The molecule has 0 saturated carbocycles. The van der Waals surface area contributed by atoms with E-state index in [1.165, 1.54) is 14.2 Å². The van der Waals surface area contributed by atoms with Crippen molar-refractivity contribution < 1.29 is 19.4 Å². The van der Waals surface area contributed by atoms with Crippen molar-refractivity contribution in [2.75, 3.05) is 28.3 Å². The first-order valence-electron chi connectivity index (χ1n) is 5.13. The number of carbonyl (C=O) groups is 1. The van der Waals surface area contributed by atoms with Gasteiger partial charge >= 0.3 is 5.97 Å². The SMILES string of the molecule is COC(=O)c1ccc(OC)c(O)c1CN(C)C. The minimum atomic E-state index is -0.472. The highest BCUT2D eigenvalue weighted by molar-refractivity contribution is 5.92. The molecule has 0 aromatic heterocycles. The van der Waals surface area contributed by atoms with Crippen LogP contribution in [0.5, 0.6) is 11.5 Å². The van der Waals surface area contributed by atoms with Crippen LogP contribution < -0.4 is 4.74 Å². The molecule has 0 radical (unpaired) electrons. The van der Waals surface area contributed by atoms with Crippen LogP contribution in [-0.4, -0.2) is 44.3 Å². The fraction of sp³-hybridized carbons (Fsp3) is 0.417. The van der Waals surface area contributed by atoms with Crippen molar-refractivity contribution >= 4 is 5.97 Å². The second-order valence-electron chi connectivity index (χ2n) is 3.87. The molecule has 0 bridgehead atoms. The van der Waals surface area contributed by atoms with Crippen molar-refractivity contribution in [2.45, 2.75) is 6.54 Å². The van der Waals surface area contributed by atoms with E-state index in [1.807, 2.05) is 19.0 Å². The summed E-state index contributed by atoms with van der Waals surface area (Å²) in [4.78, 5) is 13.4. The number of carbonyl (C=O) groups excluding carboxylic acids is 1. The maximum atomic E-state index is 11.6. The number of hydrogen-bond donors (Lipinski definition) is 1. The zero-order valence-electron chi connectivity index (χ0n) is 10.5. The van der Waals surface area contributed by atoms with Crippen LogP contribution in [0.2, 0.25) is 0 Å². The Hall–Kier alpha value is -1.75. The average molecular weight is 239 g/mol. The summed E-state index contributed by atoms with van der Waals surface area (Å²) in [6.45, 7) is 0.424. The van der Waals surface area contributed by atoms with Crippen LogP contribution in [0.4, 0.5) is 0 Å². The maximum Gasteiger partial charge on any atom is 0.338 e. The van der Waals surface area contributed by atoms with E-state index in [2.05, 4.69) is 4.74 Å². The lowest BCUT2D eigenvalue weighted by Crippen LogP contribution is -2.15. The Balaban J connectivity index is 3.30. The van der Waals surface area contributed by atoms with Gasteiger partial charge in [-0.3, -0.25) is 0 Å². The van der Waals surface area contributed by atoms with Crippen LogP contribution in [0, 0.1) is 0 Å². The third-order valence-corrected chi connectivity index (χ3v) is 2.35. The molecule has 1 aromatic carbocycles. The molecular weight excluding hydrogens is 222 g/mol. The van der Waals surface area contributed by atoms with Gasteiger partial charge in [-0.1, -0.05) is 0 Å². The zero-order valence-corrected chi connectivity index (χ0v) is 10.5. The number of esters is 1. The molecule has 0 saturated heterocycles. The van der Waals surface area contributed by atoms with Gasteiger partial charge in [0.05, 0.1) is 19.8 Å².